The maximum Gasteiger partial charge on any atom is 0.248 e. The van der Waals surface area contributed by atoms with Gasteiger partial charge in [-0.3, -0.25) is 4.79 Å². The fourth-order valence-electron chi connectivity index (χ4n) is 2.70. The monoisotopic (exact) mass is 292 g/mol. The van der Waals surface area contributed by atoms with Gasteiger partial charge in [0, 0.05) is 29.2 Å². The van der Waals surface area contributed by atoms with Crippen molar-refractivity contribution in [3.05, 3.63) is 71.4 Å². The molecule has 1 aromatic heterocycles. The highest BCUT2D eigenvalue weighted by Crippen LogP contribution is 2.20. The molecule has 0 fully saturated rings. The Hall–Kier alpha value is -2.55. The summed E-state index contributed by atoms with van der Waals surface area (Å²) in [7, 11) is 0. The molecular formula is C19H20N2O. The fourth-order valence-corrected chi connectivity index (χ4v) is 2.70. The van der Waals surface area contributed by atoms with Crippen molar-refractivity contribution < 1.29 is 4.79 Å². The van der Waals surface area contributed by atoms with E-state index in [0.29, 0.717) is 11.5 Å². The number of carbonyl (C=O) groups is 1. The molecule has 3 aromatic rings. The normalized spacial score (nSPS) is 11.2. The van der Waals surface area contributed by atoms with Crippen LogP contribution in [-0.4, -0.2) is 10.5 Å². The molecule has 2 N–H and O–H groups in total. The molecule has 0 spiro atoms. The summed E-state index contributed by atoms with van der Waals surface area (Å²) < 4.78 is 2.19. The van der Waals surface area contributed by atoms with Crippen molar-refractivity contribution in [1.82, 2.24) is 4.57 Å². The lowest BCUT2D eigenvalue weighted by Crippen LogP contribution is -2.10. The number of amides is 1. The predicted octanol–water partition coefficient (Wildman–Crippen LogP) is 3.91. The zero-order chi connectivity index (χ0) is 15.7. The number of hydrogen-bond acceptors (Lipinski definition) is 1. The van der Waals surface area contributed by atoms with E-state index in [-0.39, 0.29) is 5.91 Å². The maximum atomic E-state index is 11.2. The molecule has 112 valence electrons. The number of benzene rings is 2. The Balaban J connectivity index is 1.89. The Kier molecular flexibility index (Phi) is 3.72. The van der Waals surface area contributed by atoms with Gasteiger partial charge in [0.25, 0.3) is 0 Å². The molecule has 2 aromatic carbocycles. The van der Waals surface area contributed by atoms with Gasteiger partial charge in [0.15, 0.2) is 0 Å². The Bertz CT molecular complexity index is 813. The Morgan fingerprint density at radius 1 is 1.09 bits per heavy atom. The molecule has 3 heteroatoms. The summed E-state index contributed by atoms with van der Waals surface area (Å²) in [6.45, 7) is 5.22. The molecule has 0 bridgehead atoms. The number of fused-ring (bicyclic) bond motifs is 1. The highest BCUT2D eigenvalue weighted by Gasteiger charge is 2.06. The van der Waals surface area contributed by atoms with Crippen LogP contribution in [0.4, 0.5) is 0 Å². The van der Waals surface area contributed by atoms with E-state index in [0.717, 1.165) is 17.4 Å². The Morgan fingerprint density at radius 2 is 1.82 bits per heavy atom. The molecule has 0 unspecified atom stereocenters. The molecular weight excluding hydrogens is 272 g/mol. The lowest BCUT2D eigenvalue weighted by Gasteiger charge is -2.09. The molecule has 0 aliphatic carbocycles. The van der Waals surface area contributed by atoms with Crippen molar-refractivity contribution in [3.8, 4) is 0 Å². The first kappa shape index (κ1) is 14.4. The molecule has 22 heavy (non-hydrogen) atoms. The molecule has 0 saturated carbocycles. The number of nitrogens with zero attached hydrogens (tertiary/aromatic N) is 1. The van der Waals surface area contributed by atoms with Crippen LogP contribution in [0.5, 0.6) is 0 Å². The van der Waals surface area contributed by atoms with Gasteiger partial charge in [-0.1, -0.05) is 38.1 Å². The van der Waals surface area contributed by atoms with Gasteiger partial charge in [0.1, 0.15) is 0 Å². The number of rotatable bonds is 4. The third-order valence-corrected chi connectivity index (χ3v) is 4.05. The zero-order valence-corrected chi connectivity index (χ0v) is 12.9. The highest BCUT2D eigenvalue weighted by atomic mass is 16.1. The first-order valence-corrected chi connectivity index (χ1v) is 7.52. The first-order valence-electron chi connectivity index (χ1n) is 7.52. The van der Waals surface area contributed by atoms with Crippen molar-refractivity contribution in [1.29, 1.82) is 0 Å². The summed E-state index contributed by atoms with van der Waals surface area (Å²) >= 11 is 0. The second-order valence-corrected chi connectivity index (χ2v) is 5.98. The van der Waals surface area contributed by atoms with Crippen molar-refractivity contribution in [3.63, 3.8) is 0 Å². The zero-order valence-electron chi connectivity index (χ0n) is 12.9. The smallest absolute Gasteiger partial charge is 0.248 e. The molecule has 0 aliphatic rings. The molecule has 1 amide bonds. The first-order chi connectivity index (χ1) is 10.5. The minimum absolute atomic E-state index is 0.390. The van der Waals surface area contributed by atoms with Crippen molar-refractivity contribution in [2.24, 2.45) is 5.73 Å². The quantitative estimate of drug-likeness (QED) is 0.778. The average molecular weight is 292 g/mol. The second kappa shape index (κ2) is 5.68. The van der Waals surface area contributed by atoms with E-state index in [2.05, 4.69) is 42.7 Å². The Labute approximate surface area is 130 Å². The topological polar surface area (TPSA) is 48.0 Å². The van der Waals surface area contributed by atoms with Gasteiger partial charge < -0.3 is 10.3 Å². The standard InChI is InChI=1S/C19H20N2O/c1-13(2)15-5-3-14(4-6-15)12-21-10-9-16-11-17(19(20)22)7-8-18(16)21/h3-11,13H,12H2,1-2H3,(H2,20,22). The number of hydrogen-bond donors (Lipinski definition) is 1. The molecule has 0 radical (unpaired) electrons. The molecule has 0 saturated heterocycles. The molecule has 1 heterocycles. The van der Waals surface area contributed by atoms with E-state index in [1.54, 1.807) is 6.07 Å². The number of carbonyl (C=O) groups excluding carboxylic acids is 1. The van der Waals surface area contributed by atoms with Gasteiger partial charge in [-0.05, 0) is 41.3 Å². The lowest BCUT2D eigenvalue weighted by molar-refractivity contribution is 0.100. The van der Waals surface area contributed by atoms with Crippen molar-refractivity contribution in [2.75, 3.05) is 0 Å². The molecule has 0 aliphatic heterocycles. The summed E-state index contributed by atoms with van der Waals surface area (Å²) in [4.78, 5) is 11.2. The predicted molar refractivity (Wildman–Crippen MR) is 90.1 cm³/mol. The van der Waals surface area contributed by atoms with Crippen LogP contribution in [0.3, 0.4) is 0 Å². The van der Waals surface area contributed by atoms with E-state index in [1.165, 1.54) is 11.1 Å². The van der Waals surface area contributed by atoms with Crippen LogP contribution in [0.1, 0.15) is 41.3 Å². The number of aromatic nitrogens is 1. The fraction of sp³-hybridized carbons (Fsp3) is 0.211. The third kappa shape index (κ3) is 2.75. The maximum absolute atomic E-state index is 11.2. The SMILES string of the molecule is CC(C)c1ccc(Cn2ccc3cc(C(N)=O)ccc32)cc1. The van der Waals surface area contributed by atoms with E-state index in [1.807, 2.05) is 24.4 Å². The van der Waals surface area contributed by atoms with Gasteiger partial charge in [0.2, 0.25) is 5.91 Å². The molecule has 0 atom stereocenters. The molecule has 3 rings (SSSR count). The minimum Gasteiger partial charge on any atom is -0.366 e. The van der Waals surface area contributed by atoms with Crippen LogP contribution in [-0.2, 0) is 6.54 Å². The van der Waals surface area contributed by atoms with Crippen LogP contribution in [0.2, 0.25) is 0 Å². The number of nitrogens with two attached hydrogens (primary N) is 1. The van der Waals surface area contributed by atoms with Gasteiger partial charge in [-0.15, -0.1) is 0 Å². The second-order valence-electron chi connectivity index (χ2n) is 5.98. The average Bonchev–Trinajstić information content (AvgIpc) is 2.90. The molecule has 3 nitrogen and oxygen atoms in total. The van der Waals surface area contributed by atoms with Gasteiger partial charge in [-0.2, -0.15) is 0 Å². The summed E-state index contributed by atoms with van der Waals surface area (Å²) in [5, 5.41) is 1.04. The van der Waals surface area contributed by atoms with Crippen LogP contribution in [0, 0.1) is 0 Å². The number of primary amides is 1. The lowest BCUT2D eigenvalue weighted by atomic mass is 10.0. The van der Waals surface area contributed by atoms with E-state index >= 15 is 0 Å². The highest BCUT2D eigenvalue weighted by molar-refractivity contribution is 5.97. The summed E-state index contributed by atoms with van der Waals surface area (Å²) in [6.07, 6.45) is 2.05. The summed E-state index contributed by atoms with van der Waals surface area (Å²) in [5.41, 5.74) is 9.60. The summed E-state index contributed by atoms with van der Waals surface area (Å²) in [5.74, 6) is 0.160. The van der Waals surface area contributed by atoms with Crippen LogP contribution in [0.25, 0.3) is 10.9 Å². The van der Waals surface area contributed by atoms with E-state index < -0.39 is 0 Å². The van der Waals surface area contributed by atoms with Crippen LogP contribution < -0.4 is 5.73 Å². The van der Waals surface area contributed by atoms with Gasteiger partial charge >= 0.3 is 0 Å². The van der Waals surface area contributed by atoms with Gasteiger partial charge in [-0.25, -0.2) is 0 Å². The third-order valence-electron chi connectivity index (χ3n) is 4.05. The van der Waals surface area contributed by atoms with E-state index in [4.69, 9.17) is 5.73 Å². The van der Waals surface area contributed by atoms with Gasteiger partial charge in [0.05, 0.1) is 0 Å². The van der Waals surface area contributed by atoms with E-state index in [9.17, 15) is 4.79 Å². The summed E-state index contributed by atoms with van der Waals surface area (Å²) in [6, 6.07) is 16.3. The largest absolute Gasteiger partial charge is 0.366 e. The van der Waals surface area contributed by atoms with Crippen LogP contribution in [0.15, 0.2) is 54.7 Å². The minimum atomic E-state index is -0.390. The van der Waals surface area contributed by atoms with Crippen LogP contribution >= 0.6 is 0 Å². The van der Waals surface area contributed by atoms with Crippen molar-refractivity contribution >= 4 is 16.8 Å². The van der Waals surface area contributed by atoms with Crippen molar-refractivity contribution in [2.45, 2.75) is 26.3 Å². The Morgan fingerprint density at radius 3 is 2.45 bits per heavy atom.